The van der Waals surface area contributed by atoms with E-state index < -0.39 is 11.7 Å². The fourth-order valence-corrected chi connectivity index (χ4v) is 2.54. The van der Waals surface area contributed by atoms with Gasteiger partial charge in [-0.15, -0.1) is 0 Å². The number of aryl methyl sites for hydroxylation is 1. The minimum Gasteiger partial charge on any atom is -0.339 e. The van der Waals surface area contributed by atoms with Crippen molar-refractivity contribution in [2.45, 2.75) is 12.8 Å². The molecule has 8 heteroatoms. The Hall–Kier alpha value is -3.55. The summed E-state index contributed by atoms with van der Waals surface area (Å²) in [6.45, 7) is -0.144. The molecular formula is C20H19FN4O3. The smallest absolute Gasteiger partial charge is 0.243 e. The Morgan fingerprint density at radius 3 is 2.68 bits per heavy atom. The Morgan fingerprint density at radius 1 is 1.14 bits per heavy atom. The molecule has 7 nitrogen and oxygen atoms in total. The summed E-state index contributed by atoms with van der Waals surface area (Å²) >= 11 is 0. The molecule has 2 aromatic carbocycles. The molecule has 1 heterocycles. The van der Waals surface area contributed by atoms with Crippen LogP contribution in [0, 0.1) is 5.82 Å². The topological polar surface area (TPSA) is 88.3 Å². The summed E-state index contributed by atoms with van der Waals surface area (Å²) in [6, 6.07) is 14.9. The summed E-state index contributed by atoms with van der Waals surface area (Å²) < 4.78 is 18.3. The molecule has 0 aliphatic heterocycles. The Morgan fingerprint density at radius 2 is 1.93 bits per heavy atom. The second kappa shape index (κ2) is 8.90. The van der Waals surface area contributed by atoms with E-state index in [1.165, 1.54) is 30.1 Å². The maximum absolute atomic E-state index is 13.1. The van der Waals surface area contributed by atoms with Gasteiger partial charge in [0, 0.05) is 31.1 Å². The van der Waals surface area contributed by atoms with Crippen molar-refractivity contribution in [3.63, 3.8) is 0 Å². The van der Waals surface area contributed by atoms with Crippen molar-refractivity contribution in [3.8, 4) is 11.4 Å². The van der Waals surface area contributed by atoms with Crippen molar-refractivity contribution in [2.75, 3.05) is 18.9 Å². The first-order valence-electron chi connectivity index (χ1n) is 8.68. The van der Waals surface area contributed by atoms with Gasteiger partial charge in [0.15, 0.2) is 0 Å². The zero-order chi connectivity index (χ0) is 19.9. The number of carbonyl (C=O) groups is 2. The Balaban J connectivity index is 1.48. The van der Waals surface area contributed by atoms with Crippen LogP contribution in [0.25, 0.3) is 11.4 Å². The van der Waals surface area contributed by atoms with Gasteiger partial charge in [-0.25, -0.2) is 4.39 Å². The van der Waals surface area contributed by atoms with Crippen LogP contribution in [-0.2, 0) is 16.0 Å². The quantitative estimate of drug-likeness (QED) is 0.679. The van der Waals surface area contributed by atoms with Crippen LogP contribution in [0.1, 0.15) is 12.3 Å². The monoisotopic (exact) mass is 382 g/mol. The highest BCUT2D eigenvalue weighted by molar-refractivity contribution is 5.94. The first-order chi connectivity index (χ1) is 13.5. The number of nitrogens with zero attached hydrogens (tertiary/aromatic N) is 3. The lowest BCUT2D eigenvalue weighted by molar-refractivity contribution is -0.133. The van der Waals surface area contributed by atoms with Gasteiger partial charge in [0.25, 0.3) is 0 Å². The van der Waals surface area contributed by atoms with E-state index in [1.54, 1.807) is 6.07 Å². The fraction of sp³-hybridized carbons (Fsp3) is 0.200. The molecule has 0 unspecified atom stereocenters. The standard InChI is InChI=1S/C20H19FN4O3/c1-25(13-17(26)22-16-9-5-8-15(21)12-16)19(27)11-10-18-23-20(24-28-18)14-6-3-2-4-7-14/h2-9,12H,10-11,13H2,1H3,(H,22,26). The van der Waals surface area contributed by atoms with E-state index in [9.17, 15) is 14.0 Å². The van der Waals surface area contributed by atoms with Gasteiger partial charge in [0.2, 0.25) is 23.5 Å². The number of hydrogen-bond acceptors (Lipinski definition) is 5. The molecule has 2 amide bonds. The average molecular weight is 382 g/mol. The lowest BCUT2D eigenvalue weighted by atomic mass is 10.2. The fourth-order valence-electron chi connectivity index (χ4n) is 2.54. The van der Waals surface area contributed by atoms with Gasteiger partial charge in [-0.3, -0.25) is 9.59 Å². The molecule has 3 aromatic rings. The van der Waals surface area contributed by atoms with E-state index in [1.807, 2.05) is 30.3 Å². The van der Waals surface area contributed by atoms with Crippen LogP contribution < -0.4 is 5.32 Å². The van der Waals surface area contributed by atoms with E-state index in [0.717, 1.165) is 5.56 Å². The minimum absolute atomic E-state index is 0.125. The van der Waals surface area contributed by atoms with Gasteiger partial charge in [0.05, 0.1) is 6.54 Å². The molecule has 144 valence electrons. The zero-order valence-corrected chi connectivity index (χ0v) is 15.3. The van der Waals surface area contributed by atoms with Crippen LogP contribution >= 0.6 is 0 Å². The molecule has 0 bridgehead atoms. The van der Waals surface area contributed by atoms with Crippen molar-refractivity contribution < 1.29 is 18.5 Å². The van der Waals surface area contributed by atoms with E-state index in [2.05, 4.69) is 15.5 Å². The highest BCUT2D eigenvalue weighted by Gasteiger charge is 2.15. The third-order valence-corrected chi connectivity index (χ3v) is 3.97. The minimum atomic E-state index is -0.448. The second-order valence-corrected chi connectivity index (χ2v) is 6.19. The number of amides is 2. The molecule has 1 N–H and O–H groups in total. The number of anilines is 1. The number of nitrogens with one attached hydrogen (secondary N) is 1. The second-order valence-electron chi connectivity index (χ2n) is 6.19. The van der Waals surface area contributed by atoms with E-state index in [-0.39, 0.29) is 25.3 Å². The molecule has 3 rings (SSSR count). The van der Waals surface area contributed by atoms with Crippen molar-refractivity contribution in [3.05, 3.63) is 66.3 Å². The first kappa shape index (κ1) is 19.2. The van der Waals surface area contributed by atoms with Gasteiger partial charge in [-0.1, -0.05) is 41.6 Å². The number of aromatic nitrogens is 2. The summed E-state index contributed by atoms with van der Waals surface area (Å²) in [5.74, 6) is -0.285. The van der Waals surface area contributed by atoms with Crippen molar-refractivity contribution in [2.24, 2.45) is 0 Å². The third kappa shape index (κ3) is 5.23. The number of halogens is 1. The van der Waals surface area contributed by atoms with Gasteiger partial charge in [-0.2, -0.15) is 4.98 Å². The summed E-state index contributed by atoms with van der Waals surface area (Å²) in [5, 5.41) is 6.46. The van der Waals surface area contributed by atoms with Crippen LogP contribution in [0.5, 0.6) is 0 Å². The number of rotatable bonds is 7. The number of benzene rings is 2. The molecule has 0 spiro atoms. The highest BCUT2D eigenvalue weighted by Crippen LogP contribution is 2.15. The average Bonchev–Trinajstić information content (AvgIpc) is 3.15. The molecule has 0 radical (unpaired) electrons. The molecule has 0 fully saturated rings. The molecule has 0 saturated heterocycles. The van der Waals surface area contributed by atoms with Crippen molar-refractivity contribution in [1.82, 2.24) is 15.0 Å². The van der Waals surface area contributed by atoms with E-state index in [0.29, 0.717) is 17.4 Å². The van der Waals surface area contributed by atoms with Gasteiger partial charge in [0.1, 0.15) is 5.82 Å². The molecule has 0 aliphatic carbocycles. The molecular weight excluding hydrogens is 363 g/mol. The predicted octanol–water partition coefficient (Wildman–Crippen LogP) is 2.91. The Bertz CT molecular complexity index is 959. The lowest BCUT2D eigenvalue weighted by Gasteiger charge is -2.16. The zero-order valence-electron chi connectivity index (χ0n) is 15.3. The number of likely N-dealkylation sites (N-methyl/N-ethyl adjacent to an activating group) is 1. The first-order valence-corrected chi connectivity index (χ1v) is 8.68. The Labute approximate surface area is 161 Å². The largest absolute Gasteiger partial charge is 0.339 e. The molecule has 1 aromatic heterocycles. The summed E-state index contributed by atoms with van der Waals surface area (Å²) in [7, 11) is 1.52. The molecule has 0 saturated carbocycles. The van der Waals surface area contributed by atoms with Crippen LogP contribution in [-0.4, -0.2) is 40.4 Å². The van der Waals surface area contributed by atoms with Crippen LogP contribution in [0.3, 0.4) is 0 Å². The van der Waals surface area contributed by atoms with Gasteiger partial charge in [-0.05, 0) is 18.2 Å². The van der Waals surface area contributed by atoms with Crippen LogP contribution in [0.2, 0.25) is 0 Å². The van der Waals surface area contributed by atoms with Crippen LogP contribution in [0.15, 0.2) is 59.1 Å². The molecule has 0 atom stereocenters. The SMILES string of the molecule is CN(CC(=O)Nc1cccc(F)c1)C(=O)CCc1nc(-c2ccccc2)no1. The third-order valence-electron chi connectivity index (χ3n) is 3.97. The predicted molar refractivity (Wildman–Crippen MR) is 101 cm³/mol. The lowest BCUT2D eigenvalue weighted by Crippen LogP contribution is -2.35. The Kier molecular flexibility index (Phi) is 6.11. The maximum atomic E-state index is 13.1. The highest BCUT2D eigenvalue weighted by atomic mass is 19.1. The van der Waals surface area contributed by atoms with Gasteiger partial charge < -0.3 is 14.7 Å². The molecule has 0 aliphatic rings. The van der Waals surface area contributed by atoms with Crippen molar-refractivity contribution in [1.29, 1.82) is 0 Å². The number of carbonyl (C=O) groups excluding carboxylic acids is 2. The summed E-state index contributed by atoms with van der Waals surface area (Å²) in [4.78, 5) is 29.8. The van der Waals surface area contributed by atoms with E-state index >= 15 is 0 Å². The van der Waals surface area contributed by atoms with Gasteiger partial charge >= 0.3 is 0 Å². The summed E-state index contributed by atoms with van der Waals surface area (Å²) in [5.41, 5.74) is 1.17. The molecule has 28 heavy (non-hydrogen) atoms. The van der Waals surface area contributed by atoms with Crippen molar-refractivity contribution >= 4 is 17.5 Å². The van der Waals surface area contributed by atoms with E-state index in [4.69, 9.17) is 4.52 Å². The number of hydrogen-bond donors (Lipinski definition) is 1. The maximum Gasteiger partial charge on any atom is 0.243 e. The summed E-state index contributed by atoms with van der Waals surface area (Å²) in [6.07, 6.45) is 0.398. The normalized spacial score (nSPS) is 10.5. The van der Waals surface area contributed by atoms with Crippen LogP contribution in [0.4, 0.5) is 10.1 Å².